The Morgan fingerprint density at radius 1 is 1.17 bits per heavy atom. The molecule has 0 spiro atoms. The molecule has 2 heterocycles. The van der Waals surface area contributed by atoms with Gasteiger partial charge in [0.1, 0.15) is 11.6 Å². The molecule has 30 heavy (non-hydrogen) atoms. The molecule has 156 valence electrons. The number of rotatable bonds is 3. The number of hydrogen-bond acceptors (Lipinski definition) is 4. The van der Waals surface area contributed by atoms with Gasteiger partial charge in [-0.2, -0.15) is 13.2 Å². The number of nitrogens with zero attached hydrogens (tertiary/aromatic N) is 2. The van der Waals surface area contributed by atoms with Crippen molar-refractivity contribution in [3.8, 4) is 17.1 Å². The summed E-state index contributed by atoms with van der Waals surface area (Å²) in [5.41, 5.74) is 1.26. The topological polar surface area (TPSA) is 69.2 Å². The number of phenolic OH excluding ortho intramolecular Hbond substituents is 1. The summed E-state index contributed by atoms with van der Waals surface area (Å²) < 4.78 is 38.3. The van der Waals surface area contributed by atoms with Crippen LogP contribution in [0.3, 0.4) is 0 Å². The lowest BCUT2D eigenvalue weighted by atomic mass is 10.0. The zero-order valence-corrected chi connectivity index (χ0v) is 16.4. The molecule has 0 amide bonds. The maximum absolute atomic E-state index is 12.8. The predicted octanol–water partition coefficient (Wildman–Crippen LogP) is 4.37. The van der Waals surface area contributed by atoms with Crippen LogP contribution in [0.2, 0.25) is 5.02 Å². The van der Waals surface area contributed by atoms with E-state index in [2.05, 4.69) is 9.97 Å². The second-order valence-corrected chi connectivity index (χ2v) is 7.50. The SMILES string of the molecule is O=c1[nH]c(-c2ccc(C(F)(F)F)cc2)nc2c1CCN(Cc1cccc(O)c1Cl)C2. The van der Waals surface area contributed by atoms with Gasteiger partial charge in [0.25, 0.3) is 5.56 Å². The number of phenols is 1. The van der Waals surface area contributed by atoms with Gasteiger partial charge >= 0.3 is 6.18 Å². The summed E-state index contributed by atoms with van der Waals surface area (Å²) in [7, 11) is 0. The van der Waals surface area contributed by atoms with Crippen LogP contribution in [0.1, 0.15) is 22.4 Å². The standard InChI is InChI=1S/C21H17ClF3N3O2/c22-18-13(2-1-3-17(18)29)10-28-9-8-15-16(11-28)26-19(27-20(15)30)12-4-6-14(7-5-12)21(23,24)25/h1-7,29H,8-11H2,(H,26,27,30). The maximum Gasteiger partial charge on any atom is 0.416 e. The number of halogens is 4. The van der Waals surface area contributed by atoms with Crippen LogP contribution in [0.4, 0.5) is 13.2 Å². The Balaban J connectivity index is 1.60. The Morgan fingerprint density at radius 3 is 2.60 bits per heavy atom. The highest BCUT2D eigenvalue weighted by molar-refractivity contribution is 6.32. The average molecular weight is 436 g/mol. The number of benzene rings is 2. The predicted molar refractivity (Wildman–Crippen MR) is 106 cm³/mol. The molecule has 0 saturated carbocycles. The highest BCUT2D eigenvalue weighted by Gasteiger charge is 2.30. The second-order valence-electron chi connectivity index (χ2n) is 7.13. The van der Waals surface area contributed by atoms with Crippen molar-refractivity contribution in [3.63, 3.8) is 0 Å². The Bertz CT molecular complexity index is 1140. The molecule has 9 heteroatoms. The van der Waals surface area contributed by atoms with Gasteiger partial charge in [0.15, 0.2) is 0 Å². The molecule has 0 saturated heterocycles. The van der Waals surface area contributed by atoms with E-state index >= 15 is 0 Å². The molecule has 3 aromatic rings. The molecule has 0 unspecified atom stereocenters. The first-order chi connectivity index (χ1) is 14.2. The number of nitrogens with one attached hydrogen (secondary N) is 1. The molecule has 0 radical (unpaired) electrons. The van der Waals surface area contributed by atoms with E-state index < -0.39 is 11.7 Å². The molecule has 4 rings (SSSR count). The summed E-state index contributed by atoms with van der Waals surface area (Å²) in [4.78, 5) is 21.7. The van der Waals surface area contributed by atoms with E-state index in [4.69, 9.17) is 11.6 Å². The van der Waals surface area contributed by atoms with Crippen molar-refractivity contribution < 1.29 is 18.3 Å². The number of H-pyrrole nitrogens is 1. The quantitative estimate of drug-likeness (QED) is 0.641. The lowest BCUT2D eigenvalue weighted by Gasteiger charge is -2.28. The number of fused-ring (bicyclic) bond motifs is 1. The summed E-state index contributed by atoms with van der Waals surface area (Å²) >= 11 is 6.16. The van der Waals surface area contributed by atoms with Crippen LogP contribution in [0.15, 0.2) is 47.3 Å². The van der Waals surface area contributed by atoms with Gasteiger partial charge in [-0.15, -0.1) is 0 Å². The van der Waals surface area contributed by atoms with Gasteiger partial charge in [-0.3, -0.25) is 9.69 Å². The third-order valence-corrected chi connectivity index (χ3v) is 5.53. The van der Waals surface area contributed by atoms with Crippen molar-refractivity contribution in [2.45, 2.75) is 25.7 Å². The van der Waals surface area contributed by atoms with Gasteiger partial charge < -0.3 is 10.1 Å². The Hall–Kier alpha value is -2.84. The van der Waals surface area contributed by atoms with Crippen LogP contribution >= 0.6 is 11.6 Å². The van der Waals surface area contributed by atoms with Crippen molar-refractivity contribution in [2.75, 3.05) is 6.54 Å². The van der Waals surface area contributed by atoms with Crippen LogP contribution < -0.4 is 5.56 Å². The number of alkyl halides is 3. The Labute approximate surface area is 174 Å². The van der Waals surface area contributed by atoms with E-state index in [0.717, 1.165) is 17.7 Å². The minimum Gasteiger partial charge on any atom is -0.506 e. The lowest BCUT2D eigenvalue weighted by molar-refractivity contribution is -0.137. The fourth-order valence-corrected chi connectivity index (χ4v) is 3.70. The van der Waals surface area contributed by atoms with Crippen molar-refractivity contribution in [3.05, 3.63) is 80.2 Å². The third kappa shape index (κ3) is 4.06. The molecule has 1 aromatic heterocycles. The first kappa shape index (κ1) is 20.4. The van der Waals surface area contributed by atoms with E-state index in [0.29, 0.717) is 42.9 Å². The van der Waals surface area contributed by atoms with E-state index in [1.165, 1.54) is 18.2 Å². The molecule has 2 N–H and O–H groups in total. The number of aromatic nitrogens is 2. The van der Waals surface area contributed by atoms with Gasteiger partial charge in [-0.05, 0) is 30.2 Å². The molecular weight excluding hydrogens is 419 g/mol. The maximum atomic E-state index is 12.8. The minimum atomic E-state index is -4.43. The lowest BCUT2D eigenvalue weighted by Crippen LogP contribution is -2.35. The summed E-state index contributed by atoms with van der Waals surface area (Å²) in [6.45, 7) is 1.47. The molecule has 1 aliphatic heterocycles. The van der Waals surface area contributed by atoms with Crippen LogP contribution in [0, 0.1) is 0 Å². The highest BCUT2D eigenvalue weighted by Crippen LogP contribution is 2.31. The van der Waals surface area contributed by atoms with E-state index in [9.17, 15) is 23.1 Å². The van der Waals surface area contributed by atoms with Gasteiger partial charge in [-0.25, -0.2) is 4.98 Å². The first-order valence-electron chi connectivity index (χ1n) is 9.21. The molecule has 1 aliphatic rings. The smallest absolute Gasteiger partial charge is 0.416 e. The number of aromatic hydroxyl groups is 1. The second kappa shape index (κ2) is 7.77. The van der Waals surface area contributed by atoms with Crippen molar-refractivity contribution in [1.82, 2.24) is 14.9 Å². The molecule has 0 atom stereocenters. The van der Waals surface area contributed by atoms with Gasteiger partial charge in [-0.1, -0.05) is 35.9 Å². The monoisotopic (exact) mass is 435 g/mol. The normalized spacial score (nSPS) is 14.5. The Morgan fingerprint density at radius 2 is 1.90 bits per heavy atom. The molecule has 0 aliphatic carbocycles. The molecule has 5 nitrogen and oxygen atoms in total. The molecular formula is C21H17ClF3N3O2. The Kier molecular flexibility index (Phi) is 5.29. The van der Waals surface area contributed by atoms with Gasteiger partial charge in [0.2, 0.25) is 0 Å². The average Bonchev–Trinajstić information content (AvgIpc) is 2.70. The van der Waals surface area contributed by atoms with Crippen LogP contribution in [0.5, 0.6) is 5.75 Å². The highest BCUT2D eigenvalue weighted by atomic mass is 35.5. The molecule has 2 aromatic carbocycles. The van der Waals surface area contributed by atoms with Crippen LogP contribution in [-0.2, 0) is 25.7 Å². The summed E-state index contributed by atoms with van der Waals surface area (Å²) in [6.07, 6.45) is -3.94. The van der Waals surface area contributed by atoms with E-state index in [-0.39, 0.29) is 22.2 Å². The number of hydrogen-bond donors (Lipinski definition) is 2. The van der Waals surface area contributed by atoms with Gasteiger partial charge in [0.05, 0.1) is 16.3 Å². The van der Waals surface area contributed by atoms with Crippen molar-refractivity contribution >= 4 is 11.6 Å². The van der Waals surface area contributed by atoms with E-state index in [1.54, 1.807) is 6.07 Å². The zero-order chi connectivity index (χ0) is 21.5. The fourth-order valence-electron chi connectivity index (χ4n) is 3.51. The van der Waals surface area contributed by atoms with Crippen molar-refractivity contribution in [1.29, 1.82) is 0 Å². The summed E-state index contributed by atoms with van der Waals surface area (Å²) in [5.74, 6) is 0.232. The summed E-state index contributed by atoms with van der Waals surface area (Å²) in [5, 5.41) is 10.1. The summed E-state index contributed by atoms with van der Waals surface area (Å²) in [6, 6.07) is 9.54. The fraction of sp³-hybridized carbons (Fsp3) is 0.238. The zero-order valence-electron chi connectivity index (χ0n) is 15.6. The van der Waals surface area contributed by atoms with Crippen LogP contribution in [0.25, 0.3) is 11.4 Å². The van der Waals surface area contributed by atoms with Crippen molar-refractivity contribution in [2.24, 2.45) is 0 Å². The van der Waals surface area contributed by atoms with E-state index in [1.807, 2.05) is 11.0 Å². The molecule has 0 fully saturated rings. The number of aromatic amines is 1. The first-order valence-corrected chi connectivity index (χ1v) is 9.58. The third-order valence-electron chi connectivity index (χ3n) is 5.09. The molecule has 0 bridgehead atoms. The van der Waals surface area contributed by atoms with Crippen LogP contribution in [-0.4, -0.2) is 26.5 Å². The minimum absolute atomic E-state index is 0.00531. The van der Waals surface area contributed by atoms with Gasteiger partial charge in [0, 0.05) is 30.8 Å². The largest absolute Gasteiger partial charge is 0.506 e.